The fraction of sp³-hybridized carbons (Fsp3) is 0.818. The summed E-state index contributed by atoms with van der Waals surface area (Å²) in [4.78, 5) is 2.54. The quantitative estimate of drug-likeness (QED) is 0.671. The third-order valence-electron chi connectivity index (χ3n) is 3.04. The van der Waals surface area contributed by atoms with Gasteiger partial charge in [0.2, 0.25) is 0 Å². The van der Waals surface area contributed by atoms with Crippen molar-refractivity contribution in [2.75, 3.05) is 13.1 Å². The Balaban J connectivity index is 2.50. The molecule has 0 aliphatic carbocycles. The van der Waals surface area contributed by atoms with Crippen LogP contribution in [-0.2, 0) is 0 Å². The molecule has 0 amide bonds. The van der Waals surface area contributed by atoms with Gasteiger partial charge >= 0.3 is 0 Å². The van der Waals surface area contributed by atoms with E-state index in [0.29, 0.717) is 12.1 Å². The van der Waals surface area contributed by atoms with Gasteiger partial charge in [-0.25, -0.2) is 0 Å². The van der Waals surface area contributed by atoms with Gasteiger partial charge in [0.05, 0.1) is 0 Å². The predicted molar refractivity (Wildman–Crippen MR) is 57.7 cm³/mol. The molecule has 1 fully saturated rings. The summed E-state index contributed by atoms with van der Waals surface area (Å²) < 4.78 is 0. The number of piperidine rings is 1. The van der Waals surface area contributed by atoms with Crippen molar-refractivity contribution in [3.05, 3.63) is 12.7 Å². The van der Waals surface area contributed by atoms with Gasteiger partial charge in [-0.15, -0.1) is 6.58 Å². The van der Waals surface area contributed by atoms with Crippen LogP contribution in [0.2, 0.25) is 0 Å². The first-order chi connectivity index (χ1) is 6.29. The zero-order chi connectivity index (χ0) is 9.68. The predicted octanol–water partition coefficient (Wildman–Crippen LogP) is 1.76. The summed E-state index contributed by atoms with van der Waals surface area (Å²) in [5, 5.41) is 0. The van der Waals surface area contributed by atoms with Crippen LogP contribution in [0.25, 0.3) is 0 Å². The molecule has 0 bridgehead atoms. The van der Waals surface area contributed by atoms with Crippen LogP contribution < -0.4 is 5.73 Å². The maximum atomic E-state index is 5.61. The van der Waals surface area contributed by atoms with Crippen LogP contribution in [0.15, 0.2) is 12.7 Å². The standard InChI is InChI=1S/C11H22N2/c1-3-10(2)13-9-5-4-6-11(13)7-8-12/h3,10-11H,1,4-9,12H2,2H3. The number of likely N-dealkylation sites (tertiary alicyclic amines) is 1. The minimum absolute atomic E-state index is 0.511. The lowest BCUT2D eigenvalue weighted by molar-refractivity contribution is 0.119. The Kier molecular flexibility index (Phi) is 4.46. The maximum absolute atomic E-state index is 5.61. The van der Waals surface area contributed by atoms with Crippen LogP contribution >= 0.6 is 0 Å². The smallest absolute Gasteiger partial charge is 0.0250 e. The van der Waals surface area contributed by atoms with Crippen LogP contribution in [-0.4, -0.2) is 30.1 Å². The topological polar surface area (TPSA) is 29.3 Å². The number of rotatable bonds is 4. The molecule has 2 nitrogen and oxygen atoms in total. The van der Waals surface area contributed by atoms with E-state index in [1.807, 2.05) is 6.08 Å². The first-order valence-corrected chi connectivity index (χ1v) is 5.38. The highest BCUT2D eigenvalue weighted by molar-refractivity contribution is 4.89. The van der Waals surface area contributed by atoms with Crippen LogP contribution in [0.3, 0.4) is 0 Å². The second-order valence-electron chi connectivity index (χ2n) is 3.94. The summed E-state index contributed by atoms with van der Waals surface area (Å²) in [7, 11) is 0. The van der Waals surface area contributed by atoms with Crippen molar-refractivity contribution in [1.82, 2.24) is 4.90 Å². The van der Waals surface area contributed by atoms with E-state index in [1.54, 1.807) is 0 Å². The monoisotopic (exact) mass is 182 g/mol. The number of hydrogen-bond acceptors (Lipinski definition) is 2. The van der Waals surface area contributed by atoms with E-state index in [1.165, 1.54) is 25.8 Å². The lowest BCUT2D eigenvalue weighted by Gasteiger charge is -2.38. The van der Waals surface area contributed by atoms with Crippen molar-refractivity contribution < 1.29 is 0 Å². The van der Waals surface area contributed by atoms with Gasteiger partial charge in [0.1, 0.15) is 0 Å². The molecule has 0 aromatic heterocycles. The van der Waals surface area contributed by atoms with Gasteiger partial charge in [0.15, 0.2) is 0 Å². The Bertz CT molecular complexity index is 154. The van der Waals surface area contributed by atoms with Crippen LogP contribution in [0.4, 0.5) is 0 Å². The Hall–Kier alpha value is -0.340. The van der Waals surface area contributed by atoms with Crippen LogP contribution in [0.5, 0.6) is 0 Å². The summed E-state index contributed by atoms with van der Waals surface area (Å²) in [6.07, 6.45) is 7.19. The number of hydrogen-bond donors (Lipinski definition) is 1. The largest absolute Gasteiger partial charge is 0.330 e. The van der Waals surface area contributed by atoms with E-state index in [-0.39, 0.29) is 0 Å². The average molecular weight is 182 g/mol. The molecule has 0 aromatic rings. The average Bonchev–Trinajstić information content (AvgIpc) is 2.18. The van der Waals surface area contributed by atoms with Crippen LogP contribution in [0.1, 0.15) is 32.6 Å². The van der Waals surface area contributed by atoms with Gasteiger partial charge < -0.3 is 5.73 Å². The van der Waals surface area contributed by atoms with E-state index in [9.17, 15) is 0 Å². The molecule has 2 unspecified atom stereocenters. The van der Waals surface area contributed by atoms with E-state index in [0.717, 1.165) is 13.0 Å². The van der Waals surface area contributed by atoms with Gasteiger partial charge in [-0.1, -0.05) is 12.5 Å². The van der Waals surface area contributed by atoms with E-state index < -0.39 is 0 Å². The third kappa shape index (κ3) is 2.82. The fourth-order valence-electron chi connectivity index (χ4n) is 2.20. The SMILES string of the molecule is C=CC(C)N1CCCCC1CCN. The zero-order valence-electron chi connectivity index (χ0n) is 8.71. The van der Waals surface area contributed by atoms with Gasteiger partial charge in [-0.3, -0.25) is 4.90 Å². The van der Waals surface area contributed by atoms with Gasteiger partial charge in [-0.05, 0) is 39.3 Å². The van der Waals surface area contributed by atoms with E-state index >= 15 is 0 Å². The Morgan fingerprint density at radius 3 is 3.00 bits per heavy atom. The molecule has 1 aliphatic rings. The van der Waals surface area contributed by atoms with Crippen molar-refractivity contribution in [2.45, 2.75) is 44.7 Å². The molecule has 76 valence electrons. The summed E-state index contributed by atoms with van der Waals surface area (Å²) in [5.41, 5.74) is 5.61. The number of nitrogens with two attached hydrogens (primary N) is 1. The van der Waals surface area contributed by atoms with Crippen LogP contribution in [0, 0.1) is 0 Å². The molecule has 0 radical (unpaired) electrons. The second kappa shape index (κ2) is 5.40. The second-order valence-corrected chi connectivity index (χ2v) is 3.94. The molecule has 2 N–H and O–H groups in total. The molecule has 1 heterocycles. The molecule has 1 rings (SSSR count). The van der Waals surface area contributed by atoms with E-state index in [4.69, 9.17) is 5.73 Å². The summed E-state index contributed by atoms with van der Waals surface area (Å²) in [6, 6.07) is 1.21. The van der Waals surface area contributed by atoms with Crippen molar-refractivity contribution in [2.24, 2.45) is 5.73 Å². The summed E-state index contributed by atoms with van der Waals surface area (Å²) in [6.45, 7) is 8.11. The minimum Gasteiger partial charge on any atom is -0.330 e. The highest BCUT2D eigenvalue weighted by Crippen LogP contribution is 2.21. The van der Waals surface area contributed by atoms with Crippen molar-refractivity contribution in [1.29, 1.82) is 0 Å². The molecule has 0 saturated carbocycles. The van der Waals surface area contributed by atoms with Crippen molar-refractivity contribution in [3.8, 4) is 0 Å². The third-order valence-corrected chi connectivity index (χ3v) is 3.04. The first-order valence-electron chi connectivity index (χ1n) is 5.38. The normalized spacial score (nSPS) is 27.1. The Morgan fingerprint density at radius 1 is 1.62 bits per heavy atom. The van der Waals surface area contributed by atoms with Gasteiger partial charge in [-0.2, -0.15) is 0 Å². The highest BCUT2D eigenvalue weighted by Gasteiger charge is 2.23. The lowest BCUT2D eigenvalue weighted by Crippen LogP contribution is -2.45. The molecule has 13 heavy (non-hydrogen) atoms. The Morgan fingerprint density at radius 2 is 2.38 bits per heavy atom. The minimum atomic E-state index is 0.511. The molecule has 1 aliphatic heterocycles. The molecule has 0 aromatic carbocycles. The first kappa shape index (κ1) is 10.7. The van der Waals surface area contributed by atoms with Crippen molar-refractivity contribution in [3.63, 3.8) is 0 Å². The molecular weight excluding hydrogens is 160 g/mol. The molecular formula is C11H22N2. The summed E-state index contributed by atoms with van der Waals surface area (Å²) in [5.74, 6) is 0. The molecule has 0 spiro atoms. The molecule has 2 heteroatoms. The van der Waals surface area contributed by atoms with Crippen molar-refractivity contribution >= 4 is 0 Å². The zero-order valence-corrected chi connectivity index (χ0v) is 8.71. The van der Waals surface area contributed by atoms with Gasteiger partial charge in [0, 0.05) is 12.1 Å². The fourth-order valence-corrected chi connectivity index (χ4v) is 2.20. The molecule has 2 atom stereocenters. The molecule has 1 saturated heterocycles. The lowest BCUT2D eigenvalue weighted by atomic mass is 9.97. The maximum Gasteiger partial charge on any atom is 0.0250 e. The Labute approximate surface area is 81.8 Å². The summed E-state index contributed by atoms with van der Waals surface area (Å²) >= 11 is 0. The van der Waals surface area contributed by atoms with Gasteiger partial charge in [0.25, 0.3) is 0 Å². The highest BCUT2D eigenvalue weighted by atomic mass is 15.2. The van der Waals surface area contributed by atoms with E-state index in [2.05, 4.69) is 18.4 Å². The number of nitrogens with zero attached hydrogens (tertiary/aromatic N) is 1.